The maximum atomic E-state index is 12.6. The molecule has 18 heavy (non-hydrogen) atoms. The molecule has 1 aromatic heterocycles. The first kappa shape index (κ1) is 14.5. The molecule has 0 fully saturated rings. The average Bonchev–Trinajstić information content (AvgIpc) is 2.27. The van der Waals surface area contributed by atoms with E-state index in [-0.39, 0.29) is 23.7 Å². The average molecular weight is 263 g/mol. The van der Waals surface area contributed by atoms with Crippen molar-refractivity contribution in [2.75, 3.05) is 12.4 Å². The second-order valence-corrected chi connectivity index (χ2v) is 4.23. The number of aromatic nitrogens is 2. The Labute approximate surface area is 104 Å². The van der Waals surface area contributed by atoms with E-state index in [9.17, 15) is 13.2 Å². The van der Waals surface area contributed by atoms with Crippen molar-refractivity contribution in [1.82, 2.24) is 9.97 Å². The SMILES string of the molecule is CNc1cc(OC(C)C(C)C)nc(C(F)(F)F)n1. The molecule has 4 nitrogen and oxygen atoms in total. The number of halogens is 3. The summed E-state index contributed by atoms with van der Waals surface area (Å²) in [6.45, 7) is 5.60. The molecule has 1 rings (SSSR count). The number of anilines is 1. The Hall–Kier alpha value is -1.53. The zero-order valence-electron chi connectivity index (χ0n) is 10.7. The fraction of sp³-hybridized carbons (Fsp3) is 0.636. The van der Waals surface area contributed by atoms with Gasteiger partial charge in [-0.05, 0) is 12.8 Å². The van der Waals surface area contributed by atoms with Crippen LogP contribution in [0.2, 0.25) is 0 Å². The number of rotatable bonds is 4. The summed E-state index contributed by atoms with van der Waals surface area (Å²) in [6.07, 6.45) is -4.82. The summed E-state index contributed by atoms with van der Waals surface area (Å²) in [6, 6.07) is 1.34. The summed E-state index contributed by atoms with van der Waals surface area (Å²) in [5.74, 6) is -1.04. The van der Waals surface area contributed by atoms with Gasteiger partial charge >= 0.3 is 6.18 Å². The number of alkyl halides is 3. The Bertz CT molecular complexity index is 407. The molecule has 0 aromatic carbocycles. The third-order valence-corrected chi connectivity index (χ3v) is 2.46. The van der Waals surface area contributed by atoms with Gasteiger partial charge in [0, 0.05) is 13.1 Å². The van der Waals surface area contributed by atoms with E-state index in [1.54, 1.807) is 6.92 Å². The first-order valence-corrected chi connectivity index (χ1v) is 5.54. The van der Waals surface area contributed by atoms with Crippen molar-refractivity contribution in [3.8, 4) is 5.88 Å². The van der Waals surface area contributed by atoms with E-state index in [4.69, 9.17) is 4.74 Å². The molecule has 0 bridgehead atoms. The van der Waals surface area contributed by atoms with Crippen LogP contribution < -0.4 is 10.1 Å². The van der Waals surface area contributed by atoms with E-state index in [2.05, 4.69) is 15.3 Å². The lowest BCUT2D eigenvalue weighted by molar-refractivity contribution is -0.145. The van der Waals surface area contributed by atoms with Gasteiger partial charge in [-0.25, -0.2) is 4.98 Å². The summed E-state index contributed by atoms with van der Waals surface area (Å²) in [5, 5.41) is 2.55. The van der Waals surface area contributed by atoms with Gasteiger partial charge in [0.05, 0.1) is 6.10 Å². The molecule has 0 saturated carbocycles. The molecule has 0 radical (unpaired) electrons. The van der Waals surface area contributed by atoms with Crippen LogP contribution in [0.4, 0.5) is 19.0 Å². The first-order valence-electron chi connectivity index (χ1n) is 5.54. The zero-order valence-corrected chi connectivity index (χ0v) is 10.7. The summed E-state index contributed by atoms with van der Waals surface area (Å²) < 4.78 is 43.1. The minimum absolute atomic E-state index is 0.0725. The predicted molar refractivity (Wildman–Crippen MR) is 61.5 cm³/mol. The molecular formula is C11H16F3N3O. The third-order valence-electron chi connectivity index (χ3n) is 2.46. The fourth-order valence-corrected chi connectivity index (χ4v) is 1.07. The van der Waals surface area contributed by atoms with Crippen LogP contribution in [-0.2, 0) is 6.18 Å². The lowest BCUT2D eigenvalue weighted by Crippen LogP contribution is -2.21. The quantitative estimate of drug-likeness (QED) is 0.907. The highest BCUT2D eigenvalue weighted by Crippen LogP contribution is 2.29. The molecule has 0 aliphatic carbocycles. The van der Waals surface area contributed by atoms with Crippen molar-refractivity contribution in [3.05, 3.63) is 11.9 Å². The minimum atomic E-state index is -4.59. The normalized spacial score (nSPS) is 13.6. The van der Waals surface area contributed by atoms with Gasteiger partial charge in [-0.15, -0.1) is 0 Å². The molecule has 0 spiro atoms. The molecule has 1 atom stereocenters. The van der Waals surface area contributed by atoms with Crippen molar-refractivity contribution < 1.29 is 17.9 Å². The number of nitrogens with zero attached hydrogens (tertiary/aromatic N) is 2. The van der Waals surface area contributed by atoms with Crippen molar-refractivity contribution in [2.24, 2.45) is 5.92 Å². The minimum Gasteiger partial charge on any atom is -0.474 e. The lowest BCUT2D eigenvalue weighted by Gasteiger charge is -2.18. The van der Waals surface area contributed by atoms with Crippen LogP contribution in [0.5, 0.6) is 5.88 Å². The highest BCUT2D eigenvalue weighted by Gasteiger charge is 2.35. The van der Waals surface area contributed by atoms with Gasteiger partial charge in [-0.2, -0.15) is 18.2 Å². The van der Waals surface area contributed by atoms with Crippen LogP contribution in [0, 0.1) is 5.92 Å². The van der Waals surface area contributed by atoms with E-state index >= 15 is 0 Å². The van der Waals surface area contributed by atoms with Gasteiger partial charge < -0.3 is 10.1 Å². The van der Waals surface area contributed by atoms with Crippen LogP contribution in [-0.4, -0.2) is 23.1 Å². The first-order chi connectivity index (χ1) is 8.24. The molecule has 0 amide bonds. The molecule has 7 heteroatoms. The largest absolute Gasteiger partial charge is 0.474 e. The van der Waals surface area contributed by atoms with E-state index in [0.29, 0.717) is 0 Å². The monoisotopic (exact) mass is 263 g/mol. The molecule has 1 aromatic rings. The van der Waals surface area contributed by atoms with Crippen molar-refractivity contribution >= 4 is 5.82 Å². The molecule has 0 saturated heterocycles. The van der Waals surface area contributed by atoms with Crippen LogP contribution in [0.3, 0.4) is 0 Å². The van der Waals surface area contributed by atoms with Gasteiger partial charge in [-0.3, -0.25) is 0 Å². The Morgan fingerprint density at radius 2 is 1.83 bits per heavy atom. The number of hydrogen-bond acceptors (Lipinski definition) is 4. The van der Waals surface area contributed by atoms with Crippen LogP contribution in [0.15, 0.2) is 6.07 Å². The third kappa shape index (κ3) is 3.75. The van der Waals surface area contributed by atoms with Gasteiger partial charge in [-0.1, -0.05) is 13.8 Å². The Morgan fingerprint density at radius 1 is 1.22 bits per heavy atom. The second kappa shape index (κ2) is 5.41. The summed E-state index contributed by atoms with van der Waals surface area (Å²) >= 11 is 0. The molecule has 0 aliphatic heterocycles. The zero-order chi connectivity index (χ0) is 13.9. The van der Waals surface area contributed by atoms with E-state index < -0.39 is 12.0 Å². The lowest BCUT2D eigenvalue weighted by atomic mass is 10.1. The Morgan fingerprint density at radius 3 is 2.28 bits per heavy atom. The summed E-state index contributed by atoms with van der Waals surface area (Å²) in [5.41, 5.74) is 0. The smallest absolute Gasteiger partial charge is 0.451 e. The van der Waals surface area contributed by atoms with E-state index in [1.807, 2.05) is 13.8 Å². The van der Waals surface area contributed by atoms with Gasteiger partial charge in [0.2, 0.25) is 11.7 Å². The van der Waals surface area contributed by atoms with E-state index in [0.717, 1.165) is 0 Å². The maximum Gasteiger partial charge on any atom is 0.451 e. The van der Waals surface area contributed by atoms with Crippen LogP contribution in [0.25, 0.3) is 0 Å². The number of ether oxygens (including phenoxy) is 1. The molecule has 1 heterocycles. The van der Waals surface area contributed by atoms with E-state index in [1.165, 1.54) is 13.1 Å². The maximum absolute atomic E-state index is 12.6. The molecular weight excluding hydrogens is 247 g/mol. The molecule has 0 aliphatic rings. The fourth-order valence-electron chi connectivity index (χ4n) is 1.07. The summed E-state index contributed by atoms with van der Waals surface area (Å²) in [7, 11) is 1.48. The standard InChI is InChI=1S/C11H16F3N3O/c1-6(2)7(3)18-9-5-8(15-4)16-10(17-9)11(12,13)14/h5-7H,1-4H3,(H,15,16,17). The van der Waals surface area contributed by atoms with Gasteiger partial charge in [0.25, 0.3) is 0 Å². The highest BCUT2D eigenvalue weighted by molar-refractivity contribution is 5.38. The Balaban J connectivity index is 3.05. The molecule has 1 unspecified atom stereocenters. The van der Waals surface area contributed by atoms with Crippen molar-refractivity contribution in [1.29, 1.82) is 0 Å². The molecule has 1 N–H and O–H groups in total. The number of hydrogen-bond donors (Lipinski definition) is 1. The Kier molecular flexibility index (Phi) is 4.37. The predicted octanol–water partition coefficient (Wildman–Crippen LogP) is 2.96. The second-order valence-electron chi connectivity index (χ2n) is 4.23. The van der Waals surface area contributed by atoms with Crippen LogP contribution in [0.1, 0.15) is 26.6 Å². The van der Waals surface area contributed by atoms with Crippen molar-refractivity contribution in [3.63, 3.8) is 0 Å². The topological polar surface area (TPSA) is 47.0 Å². The van der Waals surface area contributed by atoms with Gasteiger partial charge in [0.15, 0.2) is 0 Å². The van der Waals surface area contributed by atoms with Crippen LogP contribution >= 0.6 is 0 Å². The molecule has 102 valence electrons. The van der Waals surface area contributed by atoms with Gasteiger partial charge in [0.1, 0.15) is 5.82 Å². The van der Waals surface area contributed by atoms with Crippen molar-refractivity contribution in [2.45, 2.75) is 33.1 Å². The summed E-state index contributed by atoms with van der Waals surface area (Å²) in [4.78, 5) is 6.72. The highest BCUT2D eigenvalue weighted by atomic mass is 19.4. The number of nitrogens with one attached hydrogen (secondary N) is 1.